The number of benzene rings is 1. The van der Waals surface area contributed by atoms with E-state index in [-0.39, 0.29) is 24.0 Å². The van der Waals surface area contributed by atoms with E-state index in [2.05, 4.69) is 46.3 Å². The molecule has 0 radical (unpaired) electrons. The maximum absolute atomic E-state index is 5.38. The summed E-state index contributed by atoms with van der Waals surface area (Å²) in [5.74, 6) is 2.72. The molecule has 0 aliphatic carbocycles. The molecule has 1 N–H and O–H groups in total. The summed E-state index contributed by atoms with van der Waals surface area (Å²) in [6.45, 7) is 12.3. The predicted octanol–water partition coefficient (Wildman–Crippen LogP) is 3.20. The second kappa shape index (κ2) is 11.4. The maximum atomic E-state index is 5.38. The summed E-state index contributed by atoms with van der Waals surface area (Å²) in [7, 11) is 1.70. The SMILES string of the molecule is CCNC(=NCc1cc(C)cc(OC)c1)N1CCN(Cc2cc(C)on2)CC1.I. The van der Waals surface area contributed by atoms with Gasteiger partial charge < -0.3 is 19.5 Å². The highest BCUT2D eigenvalue weighted by molar-refractivity contribution is 14.0. The fourth-order valence-corrected chi connectivity index (χ4v) is 3.47. The molecule has 0 bridgehead atoms. The van der Waals surface area contributed by atoms with Crippen molar-refractivity contribution in [2.45, 2.75) is 33.9 Å². The first kappa shape index (κ1) is 23.5. The topological polar surface area (TPSA) is 66.1 Å². The molecule has 0 atom stereocenters. The molecule has 1 aromatic carbocycles. The van der Waals surface area contributed by atoms with E-state index in [1.54, 1.807) is 7.11 Å². The van der Waals surface area contributed by atoms with Crippen LogP contribution in [0.5, 0.6) is 5.75 Å². The molecule has 0 saturated carbocycles. The maximum Gasteiger partial charge on any atom is 0.194 e. The van der Waals surface area contributed by atoms with Gasteiger partial charge in [-0.15, -0.1) is 24.0 Å². The minimum absolute atomic E-state index is 0. The number of ether oxygens (including phenoxy) is 1. The number of rotatable bonds is 6. The van der Waals surface area contributed by atoms with Gasteiger partial charge in [-0.2, -0.15) is 0 Å². The van der Waals surface area contributed by atoms with Gasteiger partial charge >= 0.3 is 0 Å². The minimum atomic E-state index is 0. The third-order valence-electron chi connectivity index (χ3n) is 4.83. The Kier molecular flexibility index (Phi) is 9.22. The first-order valence-electron chi connectivity index (χ1n) is 9.89. The Hall–Kier alpha value is -1.81. The lowest BCUT2D eigenvalue weighted by molar-refractivity contribution is 0.169. The van der Waals surface area contributed by atoms with Crippen molar-refractivity contribution in [2.75, 3.05) is 39.8 Å². The molecule has 160 valence electrons. The van der Waals surface area contributed by atoms with Gasteiger partial charge in [0.05, 0.1) is 19.3 Å². The Balaban J connectivity index is 0.00000300. The molecule has 29 heavy (non-hydrogen) atoms. The van der Waals surface area contributed by atoms with Crippen molar-refractivity contribution in [3.8, 4) is 5.75 Å². The molecule has 1 aliphatic rings. The number of methoxy groups -OCH3 is 1. The number of hydrogen-bond acceptors (Lipinski definition) is 5. The summed E-state index contributed by atoms with van der Waals surface area (Å²) in [5.41, 5.74) is 3.35. The standard InChI is InChI=1S/C21H31N5O2.HI/c1-5-22-21(23-14-18-10-16(2)11-20(13-18)27-4)26-8-6-25(7-9-26)15-19-12-17(3)28-24-19;/h10-13H,5-9,14-15H2,1-4H3,(H,22,23);1H. The summed E-state index contributed by atoms with van der Waals surface area (Å²) in [5, 5.41) is 7.53. The molecule has 1 saturated heterocycles. The van der Waals surface area contributed by atoms with E-state index in [4.69, 9.17) is 14.3 Å². The van der Waals surface area contributed by atoms with Crippen molar-refractivity contribution in [1.82, 2.24) is 20.3 Å². The number of hydrogen-bond donors (Lipinski definition) is 1. The number of nitrogens with zero attached hydrogens (tertiary/aromatic N) is 4. The Morgan fingerprint density at radius 2 is 1.93 bits per heavy atom. The first-order valence-corrected chi connectivity index (χ1v) is 9.89. The van der Waals surface area contributed by atoms with Crippen molar-refractivity contribution >= 4 is 29.9 Å². The van der Waals surface area contributed by atoms with Crippen molar-refractivity contribution < 1.29 is 9.26 Å². The number of aryl methyl sites for hydroxylation is 2. The third kappa shape index (κ3) is 6.88. The molecule has 3 rings (SSSR count). The molecule has 2 heterocycles. The average molecular weight is 513 g/mol. The number of guanidine groups is 1. The van der Waals surface area contributed by atoms with E-state index in [0.717, 1.165) is 68.0 Å². The molecule has 0 spiro atoms. The van der Waals surface area contributed by atoms with Crippen molar-refractivity contribution in [3.05, 3.63) is 46.8 Å². The number of aromatic nitrogens is 1. The van der Waals surface area contributed by atoms with Gasteiger partial charge in [0.1, 0.15) is 11.5 Å². The molecule has 1 fully saturated rings. The van der Waals surface area contributed by atoms with Crippen molar-refractivity contribution in [1.29, 1.82) is 0 Å². The van der Waals surface area contributed by atoms with E-state index in [1.165, 1.54) is 5.56 Å². The fourth-order valence-electron chi connectivity index (χ4n) is 3.47. The lowest BCUT2D eigenvalue weighted by atomic mass is 10.1. The van der Waals surface area contributed by atoms with Crippen LogP contribution in [0.15, 0.2) is 33.8 Å². The number of halogens is 1. The smallest absolute Gasteiger partial charge is 0.194 e. The van der Waals surface area contributed by atoms with Crippen LogP contribution < -0.4 is 10.1 Å². The monoisotopic (exact) mass is 513 g/mol. The molecular weight excluding hydrogens is 481 g/mol. The highest BCUT2D eigenvalue weighted by Gasteiger charge is 2.20. The normalized spacial score (nSPS) is 15.2. The number of nitrogens with one attached hydrogen (secondary N) is 1. The summed E-state index contributed by atoms with van der Waals surface area (Å²) < 4.78 is 10.5. The van der Waals surface area contributed by atoms with E-state index < -0.39 is 0 Å². The summed E-state index contributed by atoms with van der Waals surface area (Å²) in [4.78, 5) is 9.61. The Bertz CT molecular complexity index is 800. The van der Waals surface area contributed by atoms with Crippen LogP contribution >= 0.6 is 24.0 Å². The molecule has 0 amide bonds. The summed E-state index contributed by atoms with van der Waals surface area (Å²) in [6, 6.07) is 8.26. The summed E-state index contributed by atoms with van der Waals surface area (Å²) in [6.07, 6.45) is 0. The summed E-state index contributed by atoms with van der Waals surface area (Å²) >= 11 is 0. The second-order valence-corrected chi connectivity index (χ2v) is 7.22. The fraction of sp³-hybridized carbons (Fsp3) is 0.524. The van der Waals surface area contributed by atoms with Crippen LogP contribution in [-0.2, 0) is 13.1 Å². The van der Waals surface area contributed by atoms with Gasteiger partial charge in [0.25, 0.3) is 0 Å². The number of aliphatic imine (C=N–C) groups is 1. The van der Waals surface area contributed by atoms with Crippen LogP contribution in [0.2, 0.25) is 0 Å². The number of piperazine rings is 1. The van der Waals surface area contributed by atoms with Gasteiger partial charge in [-0.05, 0) is 44.0 Å². The van der Waals surface area contributed by atoms with Crippen molar-refractivity contribution in [2.24, 2.45) is 4.99 Å². The van der Waals surface area contributed by atoms with Gasteiger partial charge in [-0.25, -0.2) is 4.99 Å². The highest BCUT2D eigenvalue weighted by atomic mass is 127. The Morgan fingerprint density at radius 3 is 2.55 bits per heavy atom. The van der Waals surface area contributed by atoms with E-state index in [0.29, 0.717) is 6.54 Å². The van der Waals surface area contributed by atoms with E-state index >= 15 is 0 Å². The Morgan fingerprint density at radius 1 is 1.17 bits per heavy atom. The first-order chi connectivity index (χ1) is 13.6. The average Bonchev–Trinajstić information content (AvgIpc) is 3.10. The Labute approximate surface area is 190 Å². The van der Waals surface area contributed by atoms with E-state index in [9.17, 15) is 0 Å². The van der Waals surface area contributed by atoms with Crippen molar-refractivity contribution in [3.63, 3.8) is 0 Å². The van der Waals surface area contributed by atoms with Gasteiger partial charge in [-0.1, -0.05) is 11.2 Å². The molecule has 1 aromatic heterocycles. The third-order valence-corrected chi connectivity index (χ3v) is 4.83. The lowest BCUT2D eigenvalue weighted by Crippen LogP contribution is -2.52. The molecule has 0 unspecified atom stereocenters. The zero-order chi connectivity index (χ0) is 19.9. The van der Waals surface area contributed by atoms with Crippen LogP contribution in [0.25, 0.3) is 0 Å². The molecular formula is C21H32IN5O2. The lowest BCUT2D eigenvalue weighted by Gasteiger charge is -2.36. The van der Waals surface area contributed by atoms with Gasteiger partial charge in [0, 0.05) is 45.3 Å². The minimum Gasteiger partial charge on any atom is -0.497 e. The van der Waals surface area contributed by atoms with Gasteiger partial charge in [0.2, 0.25) is 0 Å². The second-order valence-electron chi connectivity index (χ2n) is 7.22. The molecule has 2 aromatic rings. The quantitative estimate of drug-likeness (QED) is 0.364. The largest absolute Gasteiger partial charge is 0.497 e. The van der Waals surface area contributed by atoms with Crippen LogP contribution in [-0.4, -0.2) is 60.7 Å². The zero-order valence-corrected chi connectivity index (χ0v) is 20.1. The van der Waals surface area contributed by atoms with E-state index in [1.807, 2.05) is 19.1 Å². The van der Waals surface area contributed by atoms with Crippen LogP contribution in [0, 0.1) is 13.8 Å². The van der Waals surface area contributed by atoms with Crippen LogP contribution in [0.4, 0.5) is 0 Å². The van der Waals surface area contributed by atoms with Crippen LogP contribution in [0.1, 0.15) is 29.5 Å². The van der Waals surface area contributed by atoms with Gasteiger partial charge in [-0.3, -0.25) is 4.90 Å². The predicted molar refractivity (Wildman–Crippen MR) is 126 cm³/mol. The molecule has 7 nitrogen and oxygen atoms in total. The van der Waals surface area contributed by atoms with Gasteiger partial charge in [0.15, 0.2) is 5.96 Å². The highest BCUT2D eigenvalue weighted by Crippen LogP contribution is 2.17. The molecule has 8 heteroatoms. The zero-order valence-electron chi connectivity index (χ0n) is 17.8. The van der Waals surface area contributed by atoms with Crippen LogP contribution in [0.3, 0.4) is 0 Å². The molecule has 1 aliphatic heterocycles.